The second-order valence-electron chi connectivity index (χ2n) is 6.72. The van der Waals surface area contributed by atoms with Crippen LogP contribution in [0.4, 0.5) is 0 Å². The Hall–Kier alpha value is -1.98. The number of hydrogen-bond acceptors (Lipinski definition) is 4. The minimum absolute atomic E-state index is 0.0520. The number of allylic oxidation sites excluding steroid dienone is 1. The summed E-state index contributed by atoms with van der Waals surface area (Å²) in [5.41, 5.74) is 4.29. The van der Waals surface area contributed by atoms with E-state index < -0.39 is 0 Å². The van der Waals surface area contributed by atoms with Crippen LogP contribution in [0.25, 0.3) is 16.8 Å². The van der Waals surface area contributed by atoms with Gasteiger partial charge in [-0.15, -0.1) is 0 Å². The Bertz CT molecular complexity index is 871. The summed E-state index contributed by atoms with van der Waals surface area (Å²) in [6.45, 7) is 0. The van der Waals surface area contributed by atoms with Crippen molar-refractivity contribution in [3.63, 3.8) is 0 Å². The monoisotopic (exact) mass is 380 g/mol. The van der Waals surface area contributed by atoms with Crippen molar-refractivity contribution in [2.24, 2.45) is 5.92 Å². The summed E-state index contributed by atoms with van der Waals surface area (Å²) in [7, 11) is 0. The predicted molar refractivity (Wildman–Crippen MR) is 111 cm³/mol. The van der Waals surface area contributed by atoms with E-state index in [4.69, 9.17) is 12.2 Å². The number of carbonyl (C=O) groups is 1. The minimum atomic E-state index is -0.0520. The Labute approximate surface area is 163 Å². The van der Waals surface area contributed by atoms with Gasteiger partial charge >= 0.3 is 0 Å². The van der Waals surface area contributed by atoms with E-state index in [1.54, 1.807) is 6.20 Å². The number of pyridine rings is 1. The van der Waals surface area contributed by atoms with Gasteiger partial charge in [0.1, 0.15) is 4.32 Å². The summed E-state index contributed by atoms with van der Waals surface area (Å²) in [5, 5.41) is 2.79. The van der Waals surface area contributed by atoms with E-state index >= 15 is 0 Å². The van der Waals surface area contributed by atoms with Crippen molar-refractivity contribution in [2.45, 2.75) is 32.1 Å². The fourth-order valence-corrected chi connectivity index (χ4v) is 5.02. The first-order valence-electron chi connectivity index (χ1n) is 9.01. The van der Waals surface area contributed by atoms with E-state index in [1.165, 1.54) is 31.0 Å². The summed E-state index contributed by atoms with van der Waals surface area (Å²) < 4.78 is 0.555. The number of rotatable bonds is 3. The Morgan fingerprint density at radius 2 is 1.96 bits per heavy atom. The van der Waals surface area contributed by atoms with Crippen molar-refractivity contribution >= 4 is 39.8 Å². The van der Waals surface area contributed by atoms with Crippen molar-refractivity contribution in [1.29, 1.82) is 0 Å². The molecule has 0 spiro atoms. The molecule has 3 nitrogen and oxygen atoms in total. The summed E-state index contributed by atoms with van der Waals surface area (Å²) in [5.74, 6) is 0.362. The largest absolute Gasteiger partial charge is 0.307 e. The molecule has 1 aromatic heterocycles. The molecule has 1 amide bonds. The molecule has 132 valence electrons. The van der Waals surface area contributed by atoms with Gasteiger partial charge in [-0.2, -0.15) is 0 Å². The minimum Gasteiger partial charge on any atom is -0.307 e. The van der Waals surface area contributed by atoms with E-state index in [2.05, 4.69) is 34.6 Å². The van der Waals surface area contributed by atoms with Crippen LogP contribution in [0, 0.1) is 5.92 Å². The van der Waals surface area contributed by atoms with Crippen LogP contribution in [-0.2, 0) is 4.79 Å². The van der Waals surface area contributed by atoms with Gasteiger partial charge in [-0.3, -0.25) is 9.78 Å². The first-order valence-corrected chi connectivity index (χ1v) is 10.2. The topological polar surface area (TPSA) is 42.0 Å². The zero-order valence-electron chi connectivity index (χ0n) is 14.4. The third-order valence-electron chi connectivity index (χ3n) is 5.01. The Balaban J connectivity index is 1.81. The van der Waals surface area contributed by atoms with Crippen molar-refractivity contribution < 1.29 is 4.79 Å². The predicted octanol–water partition coefficient (Wildman–Crippen LogP) is 5.19. The normalized spacial score (nSPS) is 20.2. The highest BCUT2D eigenvalue weighted by Crippen LogP contribution is 2.42. The van der Waals surface area contributed by atoms with E-state index in [9.17, 15) is 4.79 Å². The zero-order chi connectivity index (χ0) is 17.9. The molecule has 0 unspecified atom stereocenters. The van der Waals surface area contributed by atoms with E-state index in [1.807, 2.05) is 18.2 Å². The van der Waals surface area contributed by atoms with Gasteiger partial charge in [-0.05, 0) is 48.1 Å². The summed E-state index contributed by atoms with van der Waals surface area (Å²) in [6.07, 6.45) is 7.79. The number of thiocarbonyl (C=S) groups is 1. The van der Waals surface area contributed by atoms with Crippen LogP contribution in [-0.4, -0.2) is 15.2 Å². The molecule has 0 radical (unpaired) electrons. The molecule has 4 rings (SSSR count). The van der Waals surface area contributed by atoms with Gasteiger partial charge < -0.3 is 5.32 Å². The van der Waals surface area contributed by atoms with Gasteiger partial charge in [0.15, 0.2) is 0 Å². The number of carbonyl (C=O) groups excluding carboxylic acids is 1. The molecule has 1 aliphatic carbocycles. The molecular formula is C21H20N2OS2. The number of thioether (sulfide) groups is 1. The quantitative estimate of drug-likeness (QED) is 0.588. The van der Waals surface area contributed by atoms with Crippen LogP contribution in [0.1, 0.15) is 37.7 Å². The molecule has 1 saturated carbocycles. The average molecular weight is 381 g/mol. The number of amides is 1. The fraction of sp³-hybridized carbons (Fsp3) is 0.286. The molecule has 0 atom stereocenters. The first kappa shape index (κ1) is 17.4. The molecule has 0 bridgehead atoms. The molecule has 1 aliphatic heterocycles. The zero-order valence-corrected chi connectivity index (χ0v) is 16.0. The Morgan fingerprint density at radius 1 is 1.12 bits per heavy atom. The van der Waals surface area contributed by atoms with Gasteiger partial charge in [-0.1, -0.05) is 67.5 Å². The van der Waals surface area contributed by atoms with Crippen LogP contribution in [0.5, 0.6) is 0 Å². The SMILES string of the molecule is O=C1NC(=S)S/C1=C(\c1cccc(-c2ccccn2)c1)C1CCCCC1. The van der Waals surface area contributed by atoms with Crippen LogP contribution in [0.15, 0.2) is 53.6 Å². The second kappa shape index (κ2) is 7.72. The van der Waals surface area contributed by atoms with Crippen LogP contribution in [0.3, 0.4) is 0 Å². The number of hydrogen-bond donors (Lipinski definition) is 1. The van der Waals surface area contributed by atoms with Gasteiger partial charge in [-0.25, -0.2) is 0 Å². The number of aromatic nitrogens is 1. The average Bonchev–Trinajstić information content (AvgIpc) is 3.02. The lowest BCUT2D eigenvalue weighted by atomic mass is 9.80. The van der Waals surface area contributed by atoms with Crippen LogP contribution in [0.2, 0.25) is 0 Å². The molecule has 2 fully saturated rings. The van der Waals surface area contributed by atoms with Crippen LogP contribution < -0.4 is 5.32 Å². The highest BCUT2D eigenvalue weighted by Gasteiger charge is 2.31. The smallest absolute Gasteiger partial charge is 0.263 e. The third-order valence-corrected chi connectivity index (χ3v) is 6.26. The molecule has 1 aromatic carbocycles. The second-order valence-corrected chi connectivity index (χ2v) is 8.40. The first-order chi connectivity index (χ1) is 12.7. The fourth-order valence-electron chi connectivity index (χ4n) is 3.81. The molecule has 2 heterocycles. The maximum Gasteiger partial charge on any atom is 0.263 e. The molecule has 1 saturated heterocycles. The third kappa shape index (κ3) is 3.60. The summed E-state index contributed by atoms with van der Waals surface area (Å²) in [6, 6.07) is 14.3. The molecule has 2 aliphatic rings. The highest BCUT2D eigenvalue weighted by molar-refractivity contribution is 8.26. The van der Waals surface area contributed by atoms with Crippen molar-refractivity contribution in [3.8, 4) is 11.3 Å². The maximum absolute atomic E-state index is 12.5. The van der Waals surface area contributed by atoms with Gasteiger partial charge in [0.05, 0.1) is 10.6 Å². The van der Waals surface area contributed by atoms with Crippen molar-refractivity contribution in [1.82, 2.24) is 10.3 Å². The van der Waals surface area contributed by atoms with Gasteiger partial charge in [0.2, 0.25) is 0 Å². The lowest BCUT2D eigenvalue weighted by molar-refractivity contribution is -0.115. The van der Waals surface area contributed by atoms with Crippen LogP contribution >= 0.6 is 24.0 Å². The maximum atomic E-state index is 12.5. The van der Waals surface area contributed by atoms with E-state index in [0.29, 0.717) is 10.2 Å². The standard InChI is InChI=1S/C21H20N2OS2/c24-20-19(26-21(25)23-20)18(14-7-2-1-3-8-14)16-10-6-9-15(13-16)17-11-4-5-12-22-17/h4-6,9-14H,1-3,7-8H2,(H,23,24,25)/b19-18-. The molecule has 2 aromatic rings. The number of nitrogens with one attached hydrogen (secondary N) is 1. The summed E-state index contributed by atoms with van der Waals surface area (Å²) in [4.78, 5) is 17.8. The number of benzene rings is 1. The Morgan fingerprint density at radius 3 is 2.65 bits per heavy atom. The molecule has 26 heavy (non-hydrogen) atoms. The van der Waals surface area contributed by atoms with Gasteiger partial charge in [0.25, 0.3) is 5.91 Å². The molecule has 1 N–H and O–H groups in total. The summed E-state index contributed by atoms with van der Waals surface area (Å²) >= 11 is 6.64. The molecular weight excluding hydrogens is 360 g/mol. The number of nitrogens with zero attached hydrogens (tertiary/aromatic N) is 1. The molecule has 5 heteroatoms. The van der Waals surface area contributed by atoms with Gasteiger partial charge in [0, 0.05) is 11.8 Å². The lowest BCUT2D eigenvalue weighted by Gasteiger charge is -2.26. The lowest BCUT2D eigenvalue weighted by Crippen LogP contribution is -2.19. The van der Waals surface area contributed by atoms with E-state index in [-0.39, 0.29) is 5.91 Å². The van der Waals surface area contributed by atoms with Crippen molar-refractivity contribution in [3.05, 3.63) is 59.1 Å². The van der Waals surface area contributed by atoms with E-state index in [0.717, 1.165) is 40.1 Å². The Kier molecular flexibility index (Phi) is 5.18. The highest BCUT2D eigenvalue weighted by atomic mass is 32.2. The van der Waals surface area contributed by atoms with Crippen molar-refractivity contribution in [2.75, 3.05) is 0 Å².